The van der Waals surface area contributed by atoms with Crippen molar-refractivity contribution in [1.82, 2.24) is 5.32 Å². The van der Waals surface area contributed by atoms with Gasteiger partial charge in [-0.05, 0) is 26.3 Å². The van der Waals surface area contributed by atoms with Gasteiger partial charge in [0, 0.05) is 12.1 Å². The molecule has 0 fully saturated rings. The van der Waals surface area contributed by atoms with Crippen molar-refractivity contribution in [2.75, 3.05) is 13.1 Å². The molecule has 0 rings (SSSR count). The second-order valence-electron chi connectivity index (χ2n) is 3.05. The number of rotatable bonds is 5. The van der Waals surface area contributed by atoms with Crippen LogP contribution in [-0.4, -0.2) is 18.6 Å². The van der Waals surface area contributed by atoms with Gasteiger partial charge >= 0.3 is 0 Å². The minimum Gasteiger partial charge on any atom is -0.329 e. The Balaban J connectivity index is 3.58. The third-order valence-electron chi connectivity index (χ3n) is 2.03. The monoisotopic (exact) mass is 144 g/mol. The van der Waals surface area contributed by atoms with E-state index in [-0.39, 0.29) is 5.54 Å². The fourth-order valence-corrected chi connectivity index (χ4v) is 0.768. The van der Waals surface area contributed by atoms with Crippen molar-refractivity contribution >= 4 is 0 Å². The third kappa shape index (κ3) is 3.18. The Labute approximate surface area is 64.2 Å². The molecule has 0 aliphatic rings. The average Bonchev–Trinajstić information content (AvgIpc) is 2.00. The summed E-state index contributed by atoms with van der Waals surface area (Å²) in [6.07, 6.45) is 2.28. The molecular weight excluding hydrogens is 124 g/mol. The van der Waals surface area contributed by atoms with Crippen LogP contribution in [0.5, 0.6) is 0 Å². The summed E-state index contributed by atoms with van der Waals surface area (Å²) in [4.78, 5) is 0. The van der Waals surface area contributed by atoms with Crippen LogP contribution in [0.2, 0.25) is 0 Å². The summed E-state index contributed by atoms with van der Waals surface area (Å²) in [7, 11) is 0. The maximum absolute atomic E-state index is 5.60. The van der Waals surface area contributed by atoms with Crippen molar-refractivity contribution in [2.24, 2.45) is 5.73 Å². The number of nitrogens with two attached hydrogens (primary N) is 1. The molecule has 0 aliphatic carbocycles. The summed E-state index contributed by atoms with van der Waals surface area (Å²) >= 11 is 0. The lowest BCUT2D eigenvalue weighted by Crippen LogP contribution is -2.48. The van der Waals surface area contributed by atoms with E-state index in [0.29, 0.717) is 0 Å². The van der Waals surface area contributed by atoms with Crippen LogP contribution in [0.15, 0.2) is 0 Å². The molecule has 0 heterocycles. The van der Waals surface area contributed by atoms with Gasteiger partial charge < -0.3 is 11.1 Å². The standard InChI is InChI=1S/C8H20N2/c1-4-6-10-8(3,5-2)7-9/h10H,4-7,9H2,1-3H3. The molecule has 0 saturated heterocycles. The van der Waals surface area contributed by atoms with Crippen molar-refractivity contribution in [3.8, 4) is 0 Å². The first-order valence-corrected chi connectivity index (χ1v) is 4.13. The minimum atomic E-state index is 0.163. The summed E-state index contributed by atoms with van der Waals surface area (Å²) in [5.74, 6) is 0. The lowest BCUT2D eigenvalue weighted by molar-refractivity contribution is 0.353. The molecule has 0 saturated carbocycles. The molecule has 10 heavy (non-hydrogen) atoms. The normalized spacial score (nSPS) is 16.8. The first-order valence-electron chi connectivity index (χ1n) is 4.13. The molecular formula is C8H20N2. The third-order valence-corrected chi connectivity index (χ3v) is 2.03. The Morgan fingerprint density at radius 2 is 2.00 bits per heavy atom. The van der Waals surface area contributed by atoms with Crippen LogP contribution in [0.25, 0.3) is 0 Å². The quantitative estimate of drug-likeness (QED) is 0.606. The largest absolute Gasteiger partial charge is 0.329 e. The maximum atomic E-state index is 5.60. The highest BCUT2D eigenvalue weighted by Gasteiger charge is 2.17. The Hall–Kier alpha value is -0.0800. The zero-order chi connectivity index (χ0) is 8.04. The highest BCUT2D eigenvalue weighted by molar-refractivity contribution is 4.81. The molecule has 0 aromatic heterocycles. The van der Waals surface area contributed by atoms with Crippen LogP contribution in [0.4, 0.5) is 0 Å². The van der Waals surface area contributed by atoms with Crippen LogP contribution in [0.3, 0.4) is 0 Å². The summed E-state index contributed by atoms with van der Waals surface area (Å²) in [5, 5.41) is 3.42. The predicted molar refractivity (Wildman–Crippen MR) is 46.0 cm³/mol. The van der Waals surface area contributed by atoms with E-state index in [4.69, 9.17) is 5.73 Å². The molecule has 0 spiro atoms. The Kier molecular flexibility index (Phi) is 4.65. The molecule has 2 heteroatoms. The van der Waals surface area contributed by atoms with Gasteiger partial charge in [-0.3, -0.25) is 0 Å². The minimum absolute atomic E-state index is 0.163. The molecule has 3 N–H and O–H groups in total. The van der Waals surface area contributed by atoms with E-state index in [9.17, 15) is 0 Å². The van der Waals surface area contributed by atoms with Crippen LogP contribution in [-0.2, 0) is 0 Å². The average molecular weight is 144 g/mol. The molecule has 0 bridgehead atoms. The smallest absolute Gasteiger partial charge is 0.0273 e. The van der Waals surface area contributed by atoms with Crippen molar-refractivity contribution in [3.63, 3.8) is 0 Å². The summed E-state index contributed by atoms with van der Waals surface area (Å²) < 4.78 is 0. The van der Waals surface area contributed by atoms with E-state index < -0.39 is 0 Å². The second kappa shape index (κ2) is 4.69. The second-order valence-corrected chi connectivity index (χ2v) is 3.05. The van der Waals surface area contributed by atoms with Gasteiger partial charge in [0.1, 0.15) is 0 Å². The summed E-state index contributed by atoms with van der Waals surface area (Å²) in [5.41, 5.74) is 5.76. The van der Waals surface area contributed by atoms with E-state index in [1.807, 2.05) is 0 Å². The van der Waals surface area contributed by atoms with Gasteiger partial charge in [0.2, 0.25) is 0 Å². The van der Waals surface area contributed by atoms with Crippen molar-refractivity contribution < 1.29 is 0 Å². The number of nitrogens with one attached hydrogen (secondary N) is 1. The van der Waals surface area contributed by atoms with Gasteiger partial charge in [-0.15, -0.1) is 0 Å². The molecule has 62 valence electrons. The number of hydrogen-bond acceptors (Lipinski definition) is 2. The van der Waals surface area contributed by atoms with Crippen molar-refractivity contribution in [3.05, 3.63) is 0 Å². The van der Waals surface area contributed by atoms with Gasteiger partial charge in [0.05, 0.1) is 0 Å². The van der Waals surface area contributed by atoms with Gasteiger partial charge in [-0.25, -0.2) is 0 Å². The summed E-state index contributed by atoms with van der Waals surface area (Å²) in [6, 6.07) is 0. The van der Waals surface area contributed by atoms with Crippen molar-refractivity contribution in [2.45, 2.75) is 39.2 Å². The molecule has 0 aromatic carbocycles. The highest BCUT2D eigenvalue weighted by Crippen LogP contribution is 2.05. The van der Waals surface area contributed by atoms with Crippen molar-refractivity contribution in [1.29, 1.82) is 0 Å². The van der Waals surface area contributed by atoms with Crippen LogP contribution in [0.1, 0.15) is 33.6 Å². The first-order chi connectivity index (χ1) is 4.68. The highest BCUT2D eigenvalue weighted by atomic mass is 15.0. The fraction of sp³-hybridized carbons (Fsp3) is 1.00. The number of hydrogen-bond donors (Lipinski definition) is 2. The van der Waals surface area contributed by atoms with E-state index in [0.717, 1.165) is 19.5 Å². The van der Waals surface area contributed by atoms with Gasteiger partial charge in [0.25, 0.3) is 0 Å². The topological polar surface area (TPSA) is 38.0 Å². The fourth-order valence-electron chi connectivity index (χ4n) is 0.768. The Morgan fingerprint density at radius 3 is 2.30 bits per heavy atom. The Morgan fingerprint density at radius 1 is 1.40 bits per heavy atom. The summed E-state index contributed by atoms with van der Waals surface area (Å²) in [6.45, 7) is 8.29. The molecule has 0 radical (unpaired) electrons. The van der Waals surface area contributed by atoms with Crippen LogP contribution >= 0.6 is 0 Å². The van der Waals surface area contributed by atoms with E-state index in [1.54, 1.807) is 0 Å². The van der Waals surface area contributed by atoms with Gasteiger partial charge in [0.15, 0.2) is 0 Å². The molecule has 0 aromatic rings. The van der Waals surface area contributed by atoms with E-state index >= 15 is 0 Å². The molecule has 0 aliphatic heterocycles. The lowest BCUT2D eigenvalue weighted by atomic mass is 9.99. The van der Waals surface area contributed by atoms with Gasteiger partial charge in [-0.2, -0.15) is 0 Å². The molecule has 1 atom stereocenters. The lowest BCUT2D eigenvalue weighted by Gasteiger charge is -2.27. The zero-order valence-corrected chi connectivity index (χ0v) is 7.41. The SMILES string of the molecule is CCCNC(C)(CC)CN. The van der Waals surface area contributed by atoms with E-state index in [2.05, 4.69) is 26.1 Å². The molecule has 2 nitrogen and oxygen atoms in total. The zero-order valence-electron chi connectivity index (χ0n) is 7.41. The first kappa shape index (κ1) is 9.92. The van der Waals surface area contributed by atoms with Gasteiger partial charge in [-0.1, -0.05) is 13.8 Å². The molecule has 0 amide bonds. The van der Waals surface area contributed by atoms with E-state index in [1.165, 1.54) is 6.42 Å². The predicted octanol–water partition coefficient (Wildman–Crippen LogP) is 1.11. The maximum Gasteiger partial charge on any atom is 0.0273 e. The molecule has 1 unspecified atom stereocenters. The Bertz CT molecular complexity index is 77.3. The van der Waals surface area contributed by atoms with Crippen LogP contribution < -0.4 is 11.1 Å². The van der Waals surface area contributed by atoms with Crippen LogP contribution in [0, 0.1) is 0 Å².